The summed E-state index contributed by atoms with van der Waals surface area (Å²) in [5.41, 5.74) is 1.55. The van der Waals surface area contributed by atoms with Gasteiger partial charge in [-0.2, -0.15) is 0 Å². The van der Waals surface area contributed by atoms with Crippen molar-refractivity contribution in [1.29, 1.82) is 0 Å². The molecule has 0 atom stereocenters. The van der Waals surface area contributed by atoms with Crippen molar-refractivity contribution < 1.29 is 22.8 Å². The van der Waals surface area contributed by atoms with Crippen LogP contribution in [0.1, 0.15) is 40.1 Å². The average molecular weight is 542 g/mol. The fraction of sp³-hybridized carbons (Fsp3) is 0.200. The Morgan fingerprint density at radius 2 is 1.68 bits per heavy atom. The molecule has 4 rings (SSSR count). The molecule has 2 heterocycles. The Hall–Kier alpha value is -3.96. The normalized spacial score (nSPS) is 13.7. The fourth-order valence-corrected chi connectivity index (χ4v) is 4.56. The van der Waals surface area contributed by atoms with Crippen molar-refractivity contribution in [1.82, 2.24) is 4.98 Å². The summed E-state index contributed by atoms with van der Waals surface area (Å²) in [5, 5.41) is 5.67. The predicted octanol–water partition coefficient (Wildman–Crippen LogP) is 4.13. The number of carbonyl (C=O) groups is 3. The molecule has 10 nitrogen and oxygen atoms in total. The lowest BCUT2D eigenvalue weighted by Crippen LogP contribution is -2.35. The standard InChI is InChI=1S/C25H24ClN5O5S/c1-37(35,36)30-18-7-10-20(21(15-18)29-25(34)22-14-16(26)11-12-27-22)24(33)28-17-5-8-19(9-6-17)31-13-3-2-4-23(31)32/h5-12,14-15,30H,2-4,13H2,1H3,(H,28,33)(H,29,34). The van der Waals surface area contributed by atoms with Gasteiger partial charge in [-0.05, 0) is 67.4 Å². The lowest BCUT2D eigenvalue weighted by atomic mass is 10.1. The highest BCUT2D eigenvalue weighted by Gasteiger charge is 2.20. The summed E-state index contributed by atoms with van der Waals surface area (Å²) in [5.74, 6) is -1.11. The van der Waals surface area contributed by atoms with Crippen LogP contribution in [0.3, 0.4) is 0 Å². The molecule has 0 aliphatic carbocycles. The lowest BCUT2D eigenvalue weighted by Gasteiger charge is -2.26. The fourth-order valence-electron chi connectivity index (χ4n) is 3.84. The molecule has 1 saturated heterocycles. The van der Waals surface area contributed by atoms with E-state index in [1.807, 2.05) is 0 Å². The predicted molar refractivity (Wildman–Crippen MR) is 143 cm³/mol. The Labute approximate surface area is 219 Å². The van der Waals surface area contributed by atoms with E-state index in [2.05, 4.69) is 20.3 Å². The summed E-state index contributed by atoms with van der Waals surface area (Å²) in [4.78, 5) is 43.8. The van der Waals surface area contributed by atoms with Crippen LogP contribution in [-0.2, 0) is 14.8 Å². The van der Waals surface area contributed by atoms with Crippen LogP contribution in [0.25, 0.3) is 0 Å². The van der Waals surface area contributed by atoms with Gasteiger partial charge < -0.3 is 15.5 Å². The molecule has 1 aromatic heterocycles. The summed E-state index contributed by atoms with van der Waals surface area (Å²) in [7, 11) is -3.60. The van der Waals surface area contributed by atoms with Gasteiger partial charge in [-0.3, -0.25) is 24.1 Å². The van der Waals surface area contributed by atoms with Crippen molar-refractivity contribution in [3.8, 4) is 0 Å². The molecule has 1 fully saturated rings. The van der Waals surface area contributed by atoms with Crippen LogP contribution in [0.15, 0.2) is 60.8 Å². The SMILES string of the molecule is CS(=O)(=O)Nc1ccc(C(=O)Nc2ccc(N3CCCCC3=O)cc2)c(NC(=O)c2cc(Cl)ccn2)c1. The lowest BCUT2D eigenvalue weighted by molar-refractivity contribution is -0.119. The van der Waals surface area contributed by atoms with Crippen molar-refractivity contribution in [3.05, 3.63) is 77.1 Å². The Morgan fingerprint density at radius 1 is 0.946 bits per heavy atom. The second kappa shape index (κ2) is 11.0. The highest BCUT2D eigenvalue weighted by molar-refractivity contribution is 7.92. The van der Waals surface area contributed by atoms with Crippen molar-refractivity contribution >= 4 is 62.1 Å². The third kappa shape index (κ3) is 6.83. The number of carbonyl (C=O) groups excluding carboxylic acids is 3. The molecule has 1 aliphatic rings. The zero-order valence-corrected chi connectivity index (χ0v) is 21.4. The number of benzene rings is 2. The number of nitrogens with one attached hydrogen (secondary N) is 3. The summed E-state index contributed by atoms with van der Waals surface area (Å²) in [6, 6.07) is 13.9. The maximum atomic E-state index is 13.1. The second-order valence-corrected chi connectivity index (χ2v) is 10.6. The molecular weight excluding hydrogens is 518 g/mol. The second-order valence-electron chi connectivity index (χ2n) is 8.45. The van der Waals surface area contributed by atoms with E-state index in [-0.39, 0.29) is 28.5 Å². The van der Waals surface area contributed by atoms with Crippen molar-refractivity contribution in [3.63, 3.8) is 0 Å². The summed E-state index contributed by atoms with van der Waals surface area (Å²) in [6.45, 7) is 0.656. The Kier molecular flexibility index (Phi) is 7.74. The van der Waals surface area contributed by atoms with Gasteiger partial charge in [-0.1, -0.05) is 11.6 Å². The molecule has 192 valence electrons. The van der Waals surface area contributed by atoms with Crippen LogP contribution in [0.5, 0.6) is 0 Å². The summed E-state index contributed by atoms with van der Waals surface area (Å²) < 4.78 is 25.7. The van der Waals surface area contributed by atoms with Crippen LogP contribution in [-0.4, -0.2) is 43.9 Å². The Morgan fingerprint density at radius 3 is 2.35 bits per heavy atom. The molecular formula is C25H24ClN5O5S. The molecule has 3 amide bonds. The molecule has 0 spiro atoms. The van der Waals surface area contributed by atoms with E-state index in [0.717, 1.165) is 24.8 Å². The topological polar surface area (TPSA) is 138 Å². The molecule has 2 aromatic carbocycles. The molecule has 0 radical (unpaired) electrons. The van der Waals surface area contributed by atoms with Gasteiger partial charge in [0.1, 0.15) is 5.69 Å². The van der Waals surface area contributed by atoms with E-state index in [1.165, 1.54) is 36.5 Å². The highest BCUT2D eigenvalue weighted by Crippen LogP contribution is 2.26. The average Bonchev–Trinajstić information content (AvgIpc) is 2.84. The third-order valence-electron chi connectivity index (χ3n) is 5.53. The molecule has 0 saturated carbocycles. The number of halogens is 1. The number of aromatic nitrogens is 1. The maximum absolute atomic E-state index is 13.1. The quantitative estimate of drug-likeness (QED) is 0.411. The molecule has 0 unspecified atom stereocenters. The number of piperidine rings is 1. The minimum Gasteiger partial charge on any atom is -0.322 e. The van der Waals surface area contributed by atoms with Gasteiger partial charge in [0, 0.05) is 35.6 Å². The molecule has 12 heteroatoms. The van der Waals surface area contributed by atoms with E-state index in [0.29, 0.717) is 23.7 Å². The number of rotatable bonds is 7. The first-order valence-electron chi connectivity index (χ1n) is 11.4. The van der Waals surface area contributed by atoms with E-state index in [9.17, 15) is 22.8 Å². The van der Waals surface area contributed by atoms with Crippen molar-refractivity contribution in [2.75, 3.05) is 33.1 Å². The number of anilines is 4. The third-order valence-corrected chi connectivity index (χ3v) is 6.37. The first-order valence-corrected chi connectivity index (χ1v) is 13.6. The minimum atomic E-state index is -3.60. The Bertz CT molecular complexity index is 1460. The van der Waals surface area contributed by atoms with Crippen LogP contribution >= 0.6 is 11.6 Å². The number of amides is 3. The number of pyridine rings is 1. The summed E-state index contributed by atoms with van der Waals surface area (Å²) >= 11 is 5.95. The van der Waals surface area contributed by atoms with Crippen molar-refractivity contribution in [2.45, 2.75) is 19.3 Å². The Balaban J connectivity index is 1.57. The van der Waals surface area contributed by atoms with E-state index in [1.54, 1.807) is 29.2 Å². The number of nitrogens with zero attached hydrogens (tertiary/aromatic N) is 2. The van der Waals surface area contributed by atoms with Gasteiger partial charge in [-0.15, -0.1) is 0 Å². The van der Waals surface area contributed by atoms with Gasteiger partial charge in [0.2, 0.25) is 15.9 Å². The van der Waals surface area contributed by atoms with Gasteiger partial charge >= 0.3 is 0 Å². The van der Waals surface area contributed by atoms with E-state index >= 15 is 0 Å². The van der Waals surface area contributed by atoms with Gasteiger partial charge in [0.15, 0.2) is 0 Å². The molecule has 3 aromatic rings. The highest BCUT2D eigenvalue weighted by atomic mass is 35.5. The van der Waals surface area contributed by atoms with E-state index in [4.69, 9.17) is 11.6 Å². The monoisotopic (exact) mass is 541 g/mol. The minimum absolute atomic E-state index is 0.0168. The largest absolute Gasteiger partial charge is 0.322 e. The van der Waals surface area contributed by atoms with E-state index < -0.39 is 21.8 Å². The molecule has 1 aliphatic heterocycles. The van der Waals surface area contributed by atoms with Crippen LogP contribution in [0.4, 0.5) is 22.7 Å². The summed E-state index contributed by atoms with van der Waals surface area (Å²) in [6.07, 6.45) is 4.69. The molecule has 0 bridgehead atoms. The van der Waals surface area contributed by atoms with Crippen LogP contribution < -0.4 is 20.3 Å². The number of hydrogen-bond acceptors (Lipinski definition) is 6. The number of hydrogen-bond donors (Lipinski definition) is 3. The van der Waals surface area contributed by atoms with Gasteiger partial charge in [0.25, 0.3) is 11.8 Å². The van der Waals surface area contributed by atoms with Gasteiger partial charge in [0.05, 0.1) is 23.2 Å². The zero-order valence-electron chi connectivity index (χ0n) is 19.8. The molecule has 37 heavy (non-hydrogen) atoms. The van der Waals surface area contributed by atoms with Crippen LogP contribution in [0, 0.1) is 0 Å². The zero-order chi connectivity index (χ0) is 26.6. The van der Waals surface area contributed by atoms with Gasteiger partial charge in [-0.25, -0.2) is 8.42 Å². The van der Waals surface area contributed by atoms with Crippen molar-refractivity contribution in [2.24, 2.45) is 0 Å². The number of sulfonamides is 1. The first-order chi connectivity index (χ1) is 17.6. The first kappa shape index (κ1) is 26.1. The van der Waals surface area contributed by atoms with Crippen LogP contribution in [0.2, 0.25) is 5.02 Å². The smallest absolute Gasteiger partial charge is 0.274 e. The molecule has 3 N–H and O–H groups in total. The maximum Gasteiger partial charge on any atom is 0.274 e.